The highest BCUT2D eigenvalue weighted by Gasteiger charge is 2.25. The molecular weight excluding hydrogens is 322 g/mol. The first-order chi connectivity index (χ1) is 11.8. The van der Waals surface area contributed by atoms with Crippen LogP contribution in [0.1, 0.15) is 33.0 Å². The summed E-state index contributed by atoms with van der Waals surface area (Å²) < 4.78 is 10.4. The van der Waals surface area contributed by atoms with Gasteiger partial charge in [0.1, 0.15) is 5.82 Å². The van der Waals surface area contributed by atoms with E-state index in [0.717, 1.165) is 29.9 Å². The number of hydrogen-bond acceptors (Lipinski definition) is 5. The molecule has 138 valence electrons. The number of nitrogens with zero attached hydrogens (tertiary/aromatic N) is 5. The molecular formula is C17H27N5O3. The van der Waals surface area contributed by atoms with Crippen LogP contribution in [-0.2, 0) is 31.9 Å². The Morgan fingerprint density at radius 2 is 1.76 bits per heavy atom. The van der Waals surface area contributed by atoms with Gasteiger partial charge in [-0.25, -0.2) is 9.78 Å². The van der Waals surface area contributed by atoms with Crippen molar-refractivity contribution in [2.75, 3.05) is 13.1 Å². The maximum atomic E-state index is 12.7. The van der Waals surface area contributed by atoms with E-state index in [-0.39, 0.29) is 23.5 Å². The lowest BCUT2D eigenvalue weighted by molar-refractivity contribution is -0.0712. The third kappa shape index (κ3) is 3.16. The van der Waals surface area contributed by atoms with Gasteiger partial charge in [-0.2, -0.15) is 0 Å². The molecule has 0 amide bonds. The Labute approximate surface area is 146 Å². The van der Waals surface area contributed by atoms with Gasteiger partial charge in [-0.15, -0.1) is 0 Å². The maximum absolute atomic E-state index is 12.7. The third-order valence-corrected chi connectivity index (χ3v) is 4.73. The number of imidazole rings is 1. The number of rotatable bonds is 4. The van der Waals surface area contributed by atoms with E-state index in [1.54, 1.807) is 7.05 Å². The smallest absolute Gasteiger partial charge is 0.332 e. The number of aryl methyl sites for hydroxylation is 2. The monoisotopic (exact) mass is 349 g/mol. The Morgan fingerprint density at radius 3 is 2.36 bits per heavy atom. The molecule has 0 bridgehead atoms. The molecule has 1 aliphatic heterocycles. The van der Waals surface area contributed by atoms with Crippen molar-refractivity contribution in [3.05, 3.63) is 26.7 Å². The summed E-state index contributed by atoms with van der Waals surface area (Å²) in [4.78, 5) is 31.8. The summed E-state index contributed by atoms with van der Waals surface area (Å²) >= 11 is 0. The predicted molar refractivity (Wildman–Crippen MR) is 95.8 cm³/mol. The van der Waals surface area contributed by atoms with Gasteiger partial charge in [0.2, 0.25) is 0 Å². The highest BCUT2D eigenvalue weighted by Crippen LogP contribution is 2.17. The zero-order valence-corrected chi connectivity index (χ0v) is 15.7. The predicted octanol–water partition coefficient (Wildman–Crippen LogP) is 0.453. The van der Waals surface area contributed by atoms with Crippen LogP contribution in [0.2, 0.25) is 0 Å². The van der Waals surface area contributed by atoms with Crippen LogP contribution in [-0.4, -0.2) is 48.9 Å². The summed E-state index contributed by atoms with van der Waals surface area (Å²) in [5.74, 6) is 0.830. The lowest BCUT2D eigenvalue weighted by atomic mass is 10.2. The molecule has 1 aliphatic rings. The van der Waals surface area contributed by atoms with E-state index in [9.17, 15) is 9.59 Å². The highest BCUT2D eigenvalue weighted by atomic mass is 16.5. The first-order valence-corrected chi connectivity index (χ1v) is 8.86. The van der Waals surface area contributed by atoms with Gasteiger partial charge in [-0.05, 0) is 20.3 Å². The number of ether oxygens (including phenoxy) is 1. The average Bonchev–Trinajstić information content (AvgIpc) is 2.89. The van der Waals surface area contributed by atoms with Gasteiger partial charge >= 0.3 is 5.69 Å². The molecule has 0 aromatic carbocycles. The first-order valence-electron chi connectivity index (χ1n) is 8.86. The first kappa shape index (κ1) is 17.9. The molecule has 25 heavy (non-hydrogen) atoms. The van der Waals surface area contributed by atoms with E-state index in [0.29, 0.717) is 24.3 Å². The summed E-state index contributed by atoms with van der Waals surface area (Å²) in [6, 6.07) is 0. The molecule has 0 aliphatic carbocycles. The quantitative estimate of drug-likeness (QED) is 0.801. The van der Waals surface area contributed by atoms with E-state index in [4.69, 9.17) is 4.74 Å². The van der Waals surface area contributed by atoms with Crippen molar-refractivity contribution < 1.29 is 4.74 Å². The molecule has 0 saturated carbocycles. The number of morpholine rings is 1. The topological polar surface area (TPSA) is 74.3 Å². The van der Waals surface area contributed by atoms with E-state index < -0.39 is 0 Å². The van der Waals surface area contributed by atoms with Gasteiger partial charge in [0, 0.05) is 33.7 Å². The van der Waals surface area contributed by atoms with Crippen molar-refractivity contribution in [2.24, 2.45) is 14.1 Å². The van der Waals surface area contributed by atoms with Crippen LogP contribution in [0.4, 0.5) is 0 Å². The third-order valence-electron chi connectivity index (χ3n) is 4.73. The van der Waals surface area contributed by atoms with E-state index in [2.05, 4.69) is 30.7 Å². The summed E-state index contributed by atoms with van der Waals surface area (Å²) in [5.41, 5.74) is 0.342. The molecule has 0 N–H and O–H groups in total. The van der Waals surface area contributed by atoms with Gasteiger partial charge < -0.3 is 9.30 Å². The Bertz CT molecular complexity index is 884. The summed E-state index contributed by atoms with van der Waals surface area (Å²) in [7, 11) is 3.18. The normalized spacial score (nSPS) is 22.0. The van der Waals surface area contributed by atoms with Crippen molar-refractivity contribution in [2.45, 2.75) is 52.5 Å². The standard InChI is InChI=1S/C17H27N5O3/c1-6-7-22-13(10-21-8-11(2)25-12(3)9-21)18-15-14(22)16(23)20(5)17(24)19(15)4/h11-12H,6-10H2,1-5H3/t11-,12-/m0/s1. The van der Waals surface area contributed by atoms with Gasteiger partial charge in [-0.3, -0.25) is 18.8 Å². The van der Waals surface area contributed by atoms with Crippen LogP contribution in [0.3, 0.4) is 0 Å². The Morgan fingerprint density at radius 1 is 1.12 bits per heavy atom. The van der Waals surface area contributed by atoms with Crippen LogP contribution in [0.5, 0.6) is 0 Å². The molecule has 1 fully saturated rings. The van der Waals surface area contributed by atoms with Crippen molar-refractivity contribution in [3.8, 4) is 0 Å². The van der Waals surface area contributed by atoms with E-state index in [1.165, 1.54) is 11.6 Å². The second kappa shape index (κ2) is 6.76. The van der Waals surface area contributed by atoms with Crippen LogP contribution in [0.25, 0.3) is 11.2 Å². The minimum Gasteiger partial charge on any atom is -0.373 e. The average molecular weight is 349 g/mol. The molecule has 8 nitrogen and oxygen atoms in total. The largest absolute Gasteiger partial charge is 0.373 e. The molecule has 1 saturated heterocycles. The lowest BCUT2D eigenvalue weighted by Crippen LogP contribution is -2.45. The van der Waals surface area contributed by atoms with Crippen LogP contribution in [0, 0.1) is 0 Å². The van der Waals surface area contributed by atoms with Crippen molar-refractivity contribution in [1.82, 2.24) is 23.6 Å². The van der Waals surface area contributed by atoms with E-state index in [1.807, 2.05) is 4.57 Å². The van der Waals surface area contributed by atoms with Crippen LogP contribution >= 0.6 is 0 Å². The molecule has 2 aromatic heterocycles. The maximum Gasteiger partial charge on any atom is 0.332 e. The molecule has 0 spiro atoms. The fourth-order valence-corrected chi connectivity index (χ4v) is 3.69. The fourth-order valence-electron chi connectivity index (χ4n) is 3.69. The zero-order chi connectivity index (χ0) is 18.3. The summed E-state index contributed by atoms with van der Waals surface area (Å²) in [6.07, 6.45) is 1.23. The van der Waals surface area contributed by atoms with Crippen molar-refractivity contribution in [3.63, 3.8) is 0 Å². The number of hydrogen-bond donors (Lipinski definition) is 0. The molecule has 3 heterocycles. The Kier molecular flexibility index (Phi) is 4.83. The summed E-state index contributed by atoms with van der Waals surface area (Å²) in [6.45, 7) is 9.21. The van der Waals surface area contributed by atoms with Gasteiger partial charge in [0.15, 0.2) is 11.2 Å². The molecule has 0 unspecified atom stereocenters. The van der Waals surface area contributed by atoms with Crippen molar-refractivity contribution >= 4 is 11.2 Å². The van der Waals surface area contributed by atoms with Crippen molar-refractivity contribution in [1.29, 1.82) is 0 Å². The Balaban J connectivity index is 2.10. The second-order valence-electron chi connectivity index (χ2n) is 7.01. The number of fused-ring (bicyclic) bond motifs is 1. The molecule has 8 heteroatoms. The summed E-state index contributed by atoms with van der Waals surface area (Å²) in [5, 5.41) is 0. The molecule has 0 radical (unpaired) electrons. The van der Waals surface area contributed by atoms with Crippen LogP contribution in [0.15, 0.2) is 9.59 Å². The minimum atomic E-state index is -0.348. The van der Waals surface area contributed by atoms with Gasteiger partial charge in [-0.1, -0.05) is 6.92 Å². The molecule has 3 rings (SSSR count). The fraction of sp³-hybridized carbons (Fsp3) is 0.706. The Hall–Kier alpha value is -1.93. The van der Waals surface area contributed by atoms with E-state index >= 15 is 0 Å². The number of aromatic nitrogens is 4. The highest BCUT2D eigenvalue weighted by molar-refractivity contribution is 5.71. The van der Waals surface area contributed by atoms with Gasteiger partial charge in [0.25, 0.3) is 5.56 Å². The lowest BCUT2D eigenvalue weighted by Gasteiger charge is -2.35. The second-order valence-corrected chi connectivity index (χ2v) is 7.01. The molecule has 2 aromatic rings. The SMILES string of the molecule is CCCn1c(CN2C[C@H](C)O[C@@H](C)C2)nc2c1c(=O)n(C)c(=O)n2C. The zero-order valence-electron chi connectivity index (χ0n) is 15.7. The molecule has 2 atom stereocenters. The minimum absolute atomic E-state index is 0.171. The van der Waals surface area contributed by atoms with Gasteiger partial charge in [0.05, 0.1) is 18.8 Å². The van der Waals surface area contributed by atoms with Crippen LogP contribution < -0.4 is 11.2 Å².